The fourth-order valence-corrected chi connectivity index (χ4v) is 5.93. The van der Waals surface area contributed by atoms with Crippen molar-refractivity contribution in [3.8, 4) is 11.5 Å². The van der Waals surface area contributed by atoms with Crippen molar-refractivity contribution in [2.75, 3.05) is 43.8 Å². The maximum absolute atomic E-state index is 13.1. The number of hydrogen-bond donors (Lipinski definition) is 1. The molecule has 1 fully saturated rings. The van der Waals surface area contributed by atoms with Gasteiger partial charge in [-0.25, -0.2) is 8.42 Å². The molecule has 0 amide bonds. The van der Waals surface area contributed by atoms with Crippen LogP contribution in [0.3, 0.4) is 0 Å². The van der Waals surface area contributed by atoms with Crippen molar-refractivity contribution >= 4 is 43.4 Å². The minimum atomic E-state index is -3.48. The quantitative estimate of drug-likeness (QED) is 0.120. The summed E-state index contributed by atoms with van der Waals surface area (Å²) in [5.41, 5.74) is 2.30. The molecular weight excluding hydrogens is 566 g/mol. The van der Waals surface area contributed by atoms with E-state index in [1.807, 2.05) is 31.2 Å². The van der Waals surface area contributed by atoms with Crippen LogP contribution >= 0.6 is 0 Å². The van der Waals surface area contributed by atoms with Crippen molar-refractivity contribution in [2.45, 2.75) is 45.1 Å². The van der Waals surface area contributed by atoms with E-state index in [0.29, 0.717) is 47.7 Å². The first-order valence-electron chi connectivity index (χ1n) is 14.8. The number of carbonyl (C=O) groups is 1. The molecule has 9 nitrogen and oxygen atoms in total. The number of fused-ring (bicyclic) bond motifs is 3. The normalized spacial score (nSPS) is 14.9. The van der Waals surface area contributed by atoms with E-state index in [1.54, 1.807) is 30.5 Å². The Bertz CT molecular complexity index is 1660. The lowest BCUT2D eigenvalue weighted by Crippen LogP contribution is -2.37. The van der Waals surface area contributed by atoms with Crippen molar-refractivity contribution < 1.29 is 27.4 Å². The predicted octanol–water partition coefficient (Wildman–Crippen LogP) is 5.57. The van der Waals surface area contributed by atoms with Gasteiger partial charge in [-0.1, -0.05) is 36.4 Å². The molecule has 5 rings (SSSR count). The molecule has 2 heterocycles. The Balaban J connectivity index is 1.38. The number of morpholine rings is 1. The van der Waals surface area contributed by atoms with Gasteiger partial charge in [0.05, 0.1) is 36.5 Å². The molecule has 1 atom stereocenters. The molecule has 43 heavy (non-hydrogen) atoms. The number of nitrogens with zero attached hydrogens (tertiary/aromatic N) is 2. The first-order chi connectivity index (χ1) is 20.7. The Morgan fingerprint density at radius 1 is 1.07 bits per heavy atom. The second-order valence-corrected chi connectivity index (χ2v) is 12.8. The molecule has 0 spiro atoms. The summed E-state index contributed by atoms with van der Waals surface area (Å²) in [7, 11) is -3.48. The third-order valence-electron chi connectivity index (χ3n) is 7.46. The summed E-state index contributed by atoms with van der Waals surface area (Å²) in [6, 6.07) is 19.2. The third-order valence-corrected chi connectivity index (χ3v) is 8.07. The van der Waals surface area contributed by atoms with Crippen molar-refractivity contribution in [1.29, 1.82) is 0 Å². The number of sulfonamides is 1. The molecule has 0 radical (unpaired) electrons. The first-order valence-corrected chi connectivity index (χ1v) is 16.7. The molecule has 1 aromatic heterocycles. The number of hydrogen-bond acceptors (Lipinski definition) is 8. The Morgan fingerprint density at radius 2 is 1.86 bits per heavy atom. The van der Waals surface area contributed by atoms with E-state index in [1.165, 1.54) is 5.56 Å². The van der Waals surface area contributed by atoms with Gasteiger partial charge in [0.1, 0.15) is 11.5 Å². The Labute approximate surface area is 253 Å². The third kappa shape index (κ3) is 8.89. The second-order valence-electron chi connectivity index (χ2n) is 11.1. The molecule has 0 bridgehead atoms. The summed E-state index contributed by atoms with van der Waals surface area (Å²) in [4.78, 5) is 20.0. The molecule has 10 heteroatoms. The Kier molecular flexibility index (Phi) is 10.1. The van der Waals surface area contributed by atoms with Crippen molar-refractivity contribution in [3.63, 3.8) is 0 Å². The fourth-order valence-electron chi connectivity index (χ4n) is 5.37. The summed E-state index contributed by atoms with van der Waals surface area (Å²) < 4.78 is 44.1. The predicted molar refractivity (Wildman–Crippen MR) is 169 cm³/mol. The van der Waals surface area contributed by atoms with Crippen molar-refractivity contribution in [3.05, 3.63) is 72.4 Å². The zero-order valence-corrected chi connectivity index (χ0v) is 25.6. The minimum Gasteiger partial charge on any atom is -0.491 e. The molecule has 228 valence electrons. The summed E-state index contributed by atoms with van der Waals surface area (Å²) in [6.45, 7) is 5.99. The number of nitrogens with one attached hydrogen (secondary N) is 1. The number of ether oxygens (including phenoxy) is 3. The highest BCUT2D eigenvalue weighted by molar-refractivity contribution is 7.92. The fraction of sp³-hybridized carbons (Fsp3) is 0.394. The topological polar surface area (TPSA) is 107 Å². The summed E-state index contributed by atoms with van der Waals surface area (Å²) >= 11 is 0. The van der Waals surface area contributed by atoms with E-state index >= 15 is 0 Å². The molecular formula is C33H39N3O6S. The van der Waals surface area contributed by atoms with Crippen LogP contribution in [-0.4, -0.2) is 69.5 Å². The molecule has 1 aliphatic rings. The van der Waals surface area contributed by atoms with Crippen molar-refractivity contribution in [1.82, 2.24) is 9.88 Å². The second kappa shape index (κ2) is 14.2. The van der Waals surface area contributed by atoms with Gasteiger partial charge in [0.25, 0.3) is 0 Å². The van der Waals surface area contributed by atoms with E-state index < -0.39 is 10.0 Å². The lowest BCUT2D eigenvalue weighted by atomic mass is 10.0. The molecule has 1 N–H and O–H groups in total. The van der Waals surface area contributed by atoms with Gasteiger partial charge in [0.15, 0.2) is 0 Å². The van der Waals surface area contributed by atoms with Crippen LogP contribution in [0.1, 0.15) is 38.2 Å². The van der Waals surface area contributed by atoms with Gasteiger partial charge in [0, 0.05) is 48.9 Å². The monoisotopic (exact) mass is 605 g/mol. The first kappa shape index (κ1) is 30.7. The maximum atomic E-state index is 13.1. The standard InChI is InChI=1S/C33H39N3O6S/c1-24(8-6-11-25-9-4-3-5-10-25)41-28-21-30-33(29-20-27(35-43(2,38)39)14-13-26(29)23-34-30)31(22-28)42-32(37)12-7-15-36-16-18-40-19-17-36/h3-5,9-10,13-14,20-24,35H,6-8,11-12,15-19H2,1-2H3. The van der Waals surface area contributed by atoms with Crippen molar-refractivity contribution in [2.24, 2.45) is 0 Å². The van der Waals surface area contributed by atoms with E-state index in [0.717, 1.165) is 55.9 Å². The lowest BCUT2D eigenvalue weighted by molar-refractivity contribution is -0.134. The van der Waals surface area contributed by atoms with E-state index in [4.69, 9.17) is 14.2 Å². The molecule has 1 aliphatic heterocycles. The van der Waals surface area contributed by atoms with Gasteiger partial charge >= 0.3 is 5.97 Å². The molecule has 1 saturated heterocycles. The van der Waals surface area contributed by atoms with Crippen LogP contribution < -0.4 is 14.2 Å². The molecule has 0 saturated carbocycles. The zero-order chi connectivity index (χ0) is 30.2. The number of aryl methyl sites for hydroxylation is 1. The van der Waals surface area contributed by atoms with Gasteiger partial charge < -0.3 is 14.2 Å². The summed E-state index contributed by atoms with van der Waals surface area (Å²) in [6.07, 6.45) is 6.50. The Hall–Kier alpha value is -3.73. The van der Waals surface area contributed by atoms with Crippen LogP contribution in [0.2, 0.25) is 0 Å². The Morgan fingerprint density at radius 3 is 2.63 bits per heavy atom. The van der Waals surface area contributed by atoms with Crippen LogP contribution in [0.25, 0.3) is 21.7 Å². The maximum Gasteiger partial charge on any atom is 0.311 e. The lowest BCUT2D eigenvalue weighted by Gasteiger charge is -2.26. The van der Waals surface area contributed by atoms with Crippen LogP contribution in [0, 0.1) is 0 Å². The number of benzene rings is 3. The van der Waals surface area contributed by atoms with Crippen LogP contribution in [0.15, 0.2) is 66.9 Å². The van der Waals surface area contributed by atoms with E-state index in [2.05, 4.69) is 26.7 Å². The summed E-state index contributed by atoms with van der Waals surface area (Å²) in [5.74, 6) is 0.563. The van der Waals surface area contributed by atoms with Crippen LogP contribution in [0.5, 0.6) is 11.5 Å². The van der Waals surface area contributed by atoms with Crippen LogP contribution in [-0.2, 0) is 26.0 Å². The number of carbonyl (C=O) groups excluding carboxylic acids is 1. The van der Waals surface area contributed by atoms with Gasteiger partial charge in [-0.2, -0.15) is 0 Å². The highest BCUT2D eigenvalue weighted by Crippen LogP contribution is 2.37. The number of rotatable bonds is 13. The average Bonchev–Trinajstić information content (AvgIpc) is 2.97. The minimum absolute atomic E-state index is 0.0655. The number of pyridine rings is 1. The van der Waals surface area contributed by atoms with Gasteiger partial charge in [-0.15, -0.1) is 0 Å². The summed E-state index contributed by atoms with van der Waals surface area (Å²) in [5, 5.41) is 2.14. The average molecular weight is 606 g/mol. The number of esters is 1. The smallest absolute Gasteiger partial charge is 0.311 e. The van der Waals surface area contributed by atoms with Gasteiger partial charge in [0.2, 0.25) is 10.0 Å². The SMILES string of the molecule is CC(CCCc1ccccc1)Oc1cc(OC(=O)CCCN2CCOCC2)c2c(c1)ncc1ccc(NS(C)(=O)=O)cc12. The highest BCUT2D eigenvalue weighted by atomic mass is 32.2. The van der Waals surface area contributed by atoms with E-state index in [9.17, 15) is 13.2 Å². The highest BCUT2D eigenvalue weighted by Gasteiger charge is 2.18. The molecule has 0 aliphatic carbocycles. The molecule has 1 unspecified atom stereocenters. The van der Waals surface area contributed by atoms with E-state index in [-0.39, 0.29) is 18.5 Å². The number of aromatic nitrogens is 1. The largest absolute Gasteiger partial charge is 0.491 e. The molecule has 4 aromatic rings. The zero-order valence-electron chi connectivity index (χ0n) is 24.8. The number of anilines is 1. The molecule has 3 aromatic carbocycles. The van der Waals surface area contributed by atoms with Crippen LogP contribution in [0.4, 0.5) is 5.69 Å². The van der Waals surface area contributed by atoms with Gasteiger partial charge in [-0.3, -0.25) is 19.4 Å². The van der Waals surface area contributed by atoms with Gasteiger partial charge in [-0.05, 0) is 62.2 Å².